The van der Waals surface area contributed by atoms with Crippen molar-refractivity contribution in [3.63, 3.8) is 0 Å². The summed E-state index contributed by atoms with van der Waals surface area (Å²) in [5.41, 5.74) is 3.09. The second-order valence-corrected chi connectivity index (χ2v) is 9.17. The van der Waals surface area contributed by atoms with E-state index < -0.39 is 11.7 Å². The number of rotatable bonds is 7. The molecule has 0 aliphatic carbocycles. The Kier molecular flexibility index (Phi) is 7.68. The summed E-state index contributed by atoms with van der Waals surface area (Å²) in [6, 6.07) is 6.97. The number of anilines is 2. The van der Waals surface area contributed by atoms with Gasteiger partial charge < -0.3 is 20.7 Å². The molecule has 0 atom stereocenters. The SMILES string of the molecule is CC(=O)Nc1cccc(NC(=O)CCc2c(C)nc3nc(CNC(=O)OC(C)(C)C)nn3c2C)c1. The lowest BCUT2D eigenvalue weighted by molar-refractivity contribution is -0.116. The third-order valence-electron chi connectivity index (χ3n) is 4.95. The zero-order chi connectivity index (χ0) is 25.8. The van der Waals surface area contributed by atoms with Gasteiger partial charge in [0, 0.05) is 36.1 Å². The van der Waals surface area contributed by atoms with Gasteiger partial charge in [-0.15, -0.1) is 5.10 Å². The first-order valence-electron chi connectivity index (χ1n) is 11.3. The fourth-order valence-corrected chi connectivity index (χ4v) is 3.49. The Morgan fingerprint density at radius 2 is 1.74 bits per heavy atom. The number of amides is 3. The summed E-state index contributed by atoms with van der Waals surface area (Å²) in [7, 11) is 0. The first kappa shape index (κ1) is 25.6. The number of aryl methyl sites for hydroxylation is 2. The fourth-order valence-electron chi connectivity index (χ4n) is 3.49. The van der Waals surface area contributed by atoms with Crippen molar-refractivity contribution in [1.82, 2.24) is 24.9 Å². The highest BCUT2D eigenvalue weighted by Crippen LogP contribution is 2.18. The van der Waals surface area contributed by atoms with Gasteiger partial charge in [-0.2, -0.15) is 4.98 Å². The molecule has 0 unspecified atom stereocenters. The Balaban J connectivity index is 1.65. The molecule has 2 aromatic heterocycles. The van der Waals surface area contributed by atoms with Crippen LogP contribution in [0.1, 0.15) is 56.9 Å². The molecule has 0 saturated heterocycles. The van der Waals surface area contributed by atoms with Crippen molar-refractivity contribution in [3.8, 4) is 0 Å². The second-order valence-electron chi connectivity index (χ2n) is 9.17. The normalized spacial score (nSPS) is 11.3. The molecule has 0 saturated carbocycles. The van der Waals surface area contributed by atoms with E-state index in [1.54, 1.807) is 49.6 Å². The number of aromatic nitrogens is 4. The number of hydrogen-bond acceptors (Lipinski definition) is 7. The summed E-state index contributed by atoms with van der Waals surface area (Å²) in [6.45, 7) is 10.7. The van der Waals surface area contributed by atoms with Crippen molar-refractivity contribution in [2.45, 2.75) is 66.5 Å². The van der Waals surface area contributed by atoms with E-state index in [-0.39, 0.29) is 24.8 Å². The van der Waals surface area contributed by atoms with E-state index in [0.29, 0.717) is 29.4 Å². The van der Waals surface area contributed by atoms with Crippen molar-refractivity contribution in [2.75, 3.05) is 10.6 Å². The smallest absolute Gasteiger partial charge is 0.408 e. The highest BCUT2D eigenvalue weighted by Gasteiger charge is 2.18. The number of nitrogens with zero attached hydrogens (tertiary/aromatic N) is 4. The maximum Gasteiger partial charge on any atom is 0.408 e. The van der Waals surface area contributed by atoms with Gasteiger partial charge in [-0.05, 0) is 64.8 Å². The molecule has 0 aliphatic heterocycles. The maximum atomic E-state index is 12.6. The molecular formula is C24H31N7O4. The summed E-state index contributed by atoms with van der Waals surface area (Å²) in [4.78, 5) is 44.6. The molecule has 0 spiro atoms. The minimum atomic E-state index is -0.596. The van der Waals surface area contributed by atoms with E-state index in [9.17, 15) is 14.4 Å². The molecule has 3 rings (SSSR count). The van der Waals surface area contributed by atoms with Gasteiger partial charge >= 0.3 is 6.09 Å². The number of alkyl carbamates (subject to hydrolysis) is 1. The number of ether oxygens (including phenoxy) is 1. The number of hydrogen-bond donors (Lipinski definition) is 3. The van der Waals surface area contributed by atoms with Crippen LogP contribution in [-0.2, 0) is 27.3 Å². The van der Waals surface area contributed by atoms with E-state index >= 15 is 0 Å². The van der Waals surface area contributed by atoms with Crippen LogP contribution in [0.25, 0.3) is 5.78 Å². The van der Waals surface area contributed by atoms with Crippen LogP contribution in [0.2, 0.25) is 0 Å². The molecule has 3 amide bonds. The topological polar surface area (TPSA) is 140 Å². The molecule has 11 nitrogen and oxygen atoms in total. The third kappa shape index (κ3) is 7.23. The monoisotopic (exact) mass is 481 g/mol. The van der Waals surface area contributed by atoms with Crippen LogP contribution in [0.3, 0.4) is 0 Å². The first-order valence-corrected chi connectivity index (χ1v) is 11.3. The molecule has 186 valence electrons. The summed E-state index contributed by atoms with van der Waals surface area (Å²) in [5.74, 6) is 0.479. The minimum absolute atomic E-state index is 0.103. The van der Waals surface area contributed by atoms with Crippen molar-refractivity contribution >= 4 is 35.1 Å². The van der Waals surface area contributed by atoms with Crippen LogP contribution in [-0.4, -0.2) is 43.1 Å². The highest BCUT2D eigenvalue weighted by molar-refractivity contribution is 5.93. The summed E-state index contributed by atoms with van der Waals surface area (Å²) < 4.78 is 6.85. The maximum absolute atomic E-state index is 12.6. The van der Waals surface area contributed by atoms with Gasteiger partial charge in [0.15, 0.2) is 5.82 Å². The predicted octanol–water partition coefficient (Wildman–Crippen LogP) is 3.30. The predicted molar refractivity (Wildman–Crippen MR) is 131 cm³/mol. The van der Waals surface area contributed by atoms with Gasteiger partial charge in [-0.3, -0.25) is 9.59 Å². The molecule has 0 fully saturated rings. The molecular weight excluding hydrogens is 450 g/mol. The first-order chi connectivity index (χ1) is 16.4. The van der Waals surface area contributed by atoms with Crippen LogP contribution in [0, 0.1) is 13.8 Å². The summed E-state index contributed by atoms with van der Waals surface area (Å²) in [5, 5.41) is 12.6. The van der Waals surface area contributed by atoms with Gasteiger partial charge in [0.2, 0.25) is 11.8 Å². The molecule has 2 heterocycles. The van der Waals surface area contributed by atoms with E-state index in [4.69, 9.17) is 4.74 Å². The lowest BCUT2D eigenvalue weighted by Gasteiger charge is -2.19. The number of benzene rings is 1. The molecule has 1 aromatic carbocycles. The van der Waals surface area contributed by atoms with E-state index in [1.807, 2.05) is 13.8 Å². The Bertz CT molecular complexity index is 1260. The Morgan fingerprint density at radius 3 is 2.40 bits per heavy atom. The fraction of sp³-hybridized carbons (Fsp3) is 0.417. The number of fused-ring (bicyclic) bond motifs is 1. The average molecular weight is 482 g/mol. The van der Waals surface area contributed by atoms with Crippen LogP contribution < -0.4 is 16.0 Å². The lowest BCUT2D eigenvalue weighted by atomic mass is 10.1. The molecule has 3 N–H and O–H groups in total. The molecule has 0 bridgehead atoms. The van der Waals surface area contributed by atoms with Crippen LogP contribution in [0.4, 0.5) is 16.2 Å². The van der Waals surface area contributed by atoms with Crippen LogP contribution in [0.5, 0.6) is 0 Å². The second kappa shape index (κ2) is 10.5. The van der Waals surface area contributed by atoms with Crippen molar-refractivity contribution < 1.29 is 19.1 Å². The van der Waals surface area contributed by atoms with Crippen molar-refractivity contribution in [3.05, 3.63) is 47.0 Å². The molecule has 0 radical (unpaired) electrons. The number of carbonyl (C=O) groups is 3. The molecule has 3 aromatic rings. The van der Waals surface area contributed by atoms with Crippen molar-refractivity contribution in [1.29, 1.82) is 0 Å². The van der Waals surface area contributed by atoms with Crippen LogP contribution in [0.15, 0.2) is 24.3 Å². The van der Waals surface area contributed by atoms with Gasteiger partial charge in [0.05, 0.1) is 6.54 Å². The van der Waals surface area contributed by atoms with Crippen molar-refractivity contribution in [2.24, 2.45) is 0 Å². The summed E-state index contributed by atoms with van der Waals surface area (Å²) in [6.07, 6.45) is 0.149. The largest absolute Gasteiger partial charge is 0.444 e. The lowest BCUT2D eigenvalue weighted by Crippen LogP contribution is -2.32. The van der Waals surface area contributed by atoms with Gasteiger partial charge in [-0.1, -0.05) is 6.07 Å². The molecule has 35 heavy (non-hydrogen) atoms. The Morgan fingerprint density at radius 1 is 1.06 bits per heavy atom. The highest BCUT2D eigenvalue weighted by atomic mass is 16.6. The van der Waals surface area contributed by atoms with E-state index in [2.05, 4.69) is 31.0 Å². The Labute approximate surface area is 203 Å². The standard InChI is InChI=1S/C24H31N7O4/c1-14-19(10-11-21(33)28-18-9-7-8-17(12-18)27-16(3)32)15(2)31-22(26-14)29-20(30-31)13-25-23(34)35-24(4,5)6/h7-9,12H,10-11,13H2,1-6H3,(H,25,34)(H,27,32)(H,28,33). The quantitative estimate of drug-likeness (QED) is 0.470. The zero-order valence-electron chi connectivity index (χ0n) is 20.9. The van der Waals surface area contributed by atoms with Gasteiger partial charge in [0.1, 0.15) is 5.60 Å². The van der Waals surface area contributed by atoms with E-state index in [0.717, 1.165) is 17.0 Å². The molecule has 0 aliphatic rings. The zero-order valence-corrected chi connectivity index (χ0v) is 20.9. The number of carbonyl (C=O) groups excluding carboxylic acids is 3. The molecule has 11 heteroatoms. The third-order valence-corrected chi connectivity index (χ3v) is 4.95. The number of nitrogens with one attached hydrogen (secondary N) is 3. The van der Waals surface area contributed by atoms with E-state index in [1.165, 1.54) is 6.92 Å². The average Bonchev–Trinajstić information content (AvgIpc) is 3.13. The van der Waals surface area contributed by atoms with Crippen LogP contribution >= 0.6 is 0 Å². The van der Waals surface area contributed by atoms with Gasteiger partial charge in [-0.25, -0.2) is 14.3 Å². The summed E-state index contributed by atoms with van der Waals surface area (Å²) >= 11 is 0. The minimum Gasteiger partial charge on any atom is -0.444 e. The van der Waals surface area contributed by atoms with Gasteiger partial charge in [0.25, 0.3) is 5.78 Å². The Hall–Kier alpha value is -4.02.